The van der Waals surface area contributed by atoms with E-state index in [0.717, 1.165) is 0 Å². The molecule has 0 saturated carbocycles. The average molecular weight is 615 g/mol. The highest BCUT2D eigenvalue weighted by Crippen LogP contribution is 2.26. The van der Waals surface area contributed by atoms with Crippen LogP contribution in [0.4, 0.5) is 0 Å². The van der Waals surface area contributed by atoms with Crippen LogP contribution in [0.5, 0.6) is 23.0 Å². The number of benzene rings is 4. The molecule has 0 fully saturated rings. The van der Waals surface area contributed by atoms with Gasteiger partial charge >= 0.3 is 0 Å². The summed E-state index contributed by atoms with van der Waals surface area (Å²) in [5, 5.41) is 18.8. The van der Waals surface area contributed by atoms with Crippen molar-refractivity contribution in [3.8, 4) is 23.0 Å². The van der Waals surface area contributed by atoms with Crippen molar-refractivity contribution >= 4 is 19.7 Å². The molecule has 222 valence electrons. The lowest BCUT2D eigenvalue weighted by atomic mass is 10.3. The van der Waals surface area contributed by atoms with Crippen LogP contribution in [-0.2, 0) is 29.1 Å². The van der Waals surface area contributed by atoms with Crippen LogP contribution in [-0.4, -0.2) is 52.8 Å². The third kappa shape index (κ3) is 7.79. The first-order valence-electron chi connectivity index (χ1n) is 12.8. The molecule has 2 N–H and O–H groups in total. The van der Waals surface area contributed by atoms with Gasteiger partial charge in [0.25, 0.3) is 0 Å². The highest BCUT2D eigenvalue weighted by Gasteiger charge is 2.19. The summed E-state index contributed by atoms with van der Waals surface area (Å²) < 4.78 is 73.5. The molecule has 10 nitrogen and oxygen atoms in total. The molecule has 0 saturated heterocycles. The van der Waals surface area contributed by atoms with Crippen molar-refractivity contribution in [3.05, 3.63) is 97.1 Å². The van der Waals surface area contributed by atoms with E-state index in [0.29, 0.717) is 11.5 Å². The fraction of sp³-hybridized carbons (Fsp3) is 0.200. The molecule has 4 rings (SSSR count). The first-order valence-corrected chi connectivity index (χ1v) is 15.8. The van der Waals surface area contributed by atoms with E-state index in [2.05, 4.69) is 0 Å². The van der Waals surface area contributed by atoms with Crippen LogP contribution >= 0.6 is 0 Å². The molecular formula is C30H30O10S2. The van der Waals surface area contributed by atoms with Crippen LogP contribution in [0.1, 0.15) is 13.8 Å². The molecule has 4 aromatic rings. The number of phenols is 2. The third-order valence-electron chi connectivity index (χ3n) is 5.95. The maximum Gasteiger partial charge on any atom is 0.206 e. The van der Waals surface area contributed by atoms with E-state index in [4.69, 9.17) is 18.9 Å². The average Bonchev–Trinajstić information content (AvgIpc) is 2.96. The van der Waals surface area contributed by atoms with Crippen molar-refractivity contribution < 1.29 is 46.0 Å². The Morgan fingerprint density at radius 3 is 1.05 bits per heavy atom. The van der Waals surface area contributed by atoms with Gasteiger partial charge < -0.3 is 29.2 Å². The Morgan fingerprint density at radius 1 is 0.500 bits per heavy atom. The van der Waals surface area contributed by atoms with Gasteiger partial charge in [-0.2, -0.15) is 0 Å². The number of hydrogen-bond acceptors (Lipinski definition) is 10. The van der Waals surface area contributed by atoms with E-state index in [9.17, 15) is 27.0 Å². The summed E-state index contributed by atoms with van der Waals surface area (Å²) in [5.74, 6) is 0.792. The first-order chi connectivity index (χ1) is 19.9. The zero-order valence-corrected chi connectivity index (χ0v) is 24.4. The largest absolute Gasteiger partial charge is 0.508 e. The van der Waals surface area contributed by atoms with Crippen molar-refractivity contribution in [3.63, 3.8) is 0 Å². The summed E-state index contributed by atoms with van der Waals surface area (Å²) >= 11 is 0. The molecule has 2 unspecified atom stereocenters. The standard InChI is InChI=1S/C30H30O10S2/c1-21(39-25-7-15-29(16-8-25)41(33,34)27-11-3-23(31)4-12-27)37-19-20-38-22(2)40-26-9-17-30(18-10-26)42(35,36)28-13-5-24(32)6-14-28/h3-18,21-22,31-32H,19-20H2,1-2H3. The second-order valence-corrected chi connectivity index (χ2v) is 12.9. The summed E-state index contributed by atoms with van der Waals surface area (Å²) in [5.41, 5.74) is 0. The van der Waals surface area contributed by atoms with Gasteiger partial charge in [-0.25, -0.2) is 16.8 Å². The molecule has 0 spiro atoms. The van der Waals surface area contributed by atoms with Crippen molar-refractivity contribution in [2.45, 2.75) is 46.0 Å². The summed E-state index contributed by atoms with van der Waals surface area (Å²) in [4.78, 5) is 0.314. The third-order valence-corrected chi connectivity index (χ3v) is 9.53. The number of phenolic OH excluding ortho intramolecular Hbond substituents is 2. The van der Waals surface area contributed by atoms with E-state index in [1.54, 1.807) is 13.8 Å². The minimum Gasteiger partial charge on any atom is -0.508 e. The van der Waals surface area contributed by atoms with Crippen LogP contribution in [0.15, 0.2) is 117 Å². The fourth-order valence-corrected chi connectivity index (χ4v) is 6.32. The Balaban J connectivity index is 1.20. The lowest BCUT2D eigenvalue weighted by molar-refractivity contribution is -0.119. The highest BCUT2D eigenvalue weighted by molar-refractivity contribution is 7.91. The van der Waals surface area contributed by atoms with Crippen molar-refractivity contribution in [1.29, 1.82) is 0 Å². The summed E-state index contributed by atoms with van der Waals surface area (Å²) in [6, 6.07) is 22.4. The second-order valence-electron chi connectivity index (χ2n) is 9.05. The quantitative estimate of drug-likeness (QED) is 0.157. The molecule has 0 heterocycles. The molecule has 4 aromatic carbocycles. The SMILES string of the molecule is CC(OCCOC(C)Oc1ccc(S(=O)(=O)c2ccc(O)cc2)cc1)Oc1ccc(S(=O)(=O)c2ccc(O)cc2)cc1. The minimum atomic E-state index is -3.73. The molecule has 0 aliphatic rings. The molecule has 0 amide bonds. The maximum atomic E-state index is 12.7. The van der Waals surface area contributed by atoms with Crippen LogP contribution in [0.3, 0.4) is 0 Å². The topological polar surface area (TPSA) is 146 Å². The lowest BCUT2D eigenvalue weighted by Crippen LogP contribution is -2.23. The molecule has 0 radical (unpaired) electrons. The molecule has 0 aliphatic carbocycles. The smallest absolute Gasteiger partial charge is 0.206 e. The van der Waals surface area contributed by atoms with Crippen LogP contribution in [0.2, 0.25) is 0 Å². The summed E-state index contributed by atoms with van der Waals surface area (Å²) in [6.45, 7) is 3.75. The van der Waals surface area contributed by atoms with E-state index in [-0.39, 0.29) is 44.3 Å². The zero-order chi connectivity index (χ0) is 30.3. The van der Waals surface area contributed by atoms with Crippen LogP contribution < -0.4 is 9.47 Å². The van der Waals surface area contributed by atoms with E-state index < -0.39 is 32.3 Å². The first kappa shape index (κ1) is 30.8. The van der Waals surface area contributed by atoms with E-state index >= 15 is 0 Å². The number of sulfone groups is 2. The fourth-order valence-electron chi connectivity index (χ4n) is 3.80. The van der Waals surface area contributed by atoms with Crippen LogP contribution in [0.25, 0.3) is 0 Å². The number of hydrogen-bond donors (Lipinski definition) is 2. The summed E-state index contributed by atoms with van der Waals surface area (Å²) in [7, 11) is -7.46. The van der Waals surface area contributed by atoms with Gasteiger partial charge in [-0.1, -0.05) is 0 Å². The zero-order valence-electron chi connectivity index (χ0n) is 22.8. The Kier molecular flexibility index (Phi) is 9.74. The normalized spacial score (nSPS) is 13.3. The maximum absolute atomic E-state index is 12.7. The Bertz CT molecular complexity index is 1540. The number of ether oxygens (including phenoxy) is 4. The van der Waals surface area contributed by atoms with Gasteiger partial charge in [-0.05, 0) is 111 Å². The van der Waals surface area contributed by atoms with E-state index in [1.165, 1.54) is 97.1 Å². The van der Waals surface area contributed by atoms with Gasteiger partial charge in [-0.15, -0.1) is 0 Å². The molecule has 0 aliphatic heterocycles. The van der Waals surface area contributed by atoms with Crippen molar-refractivity contribution in [1.82, 2.24) is 0 Å². The summed E-state index contributed by atoms with van der Waals surface area (Å²) in [6.07, 6.45) is -1.29. The van der Waals surface area contributed by atoms with Crippen LogP contribution in [0, 0.1) is 0 Å². The Hall–Kier alpha value is -4.10. The van der Waals surface area contributed by atoms with Gasteiger partial charge in [0.1, 0.15) is 23.0 Å². The van der Waals surface area contributed by atoms with Gasteiger partial charge in [0.05, 0.1) is 32.8 Å². The molecule has 42 heavy (non-hydrogen) atoms. The lowest BCUT2D eigenvalue weighted by Gasteiger charge is -2.18. The Morgan fingerprint density at radius 2 is 0.762 bits per heavy atom. The van der Waals surface area contributed by atoms with Gasteiger partial charge in [-0.3, -0.25) is 0 Å². The molecule has 0 bridgehead atoms. The number of rotatable bonds is 13. The van der Waals surface area contributed by atoms with Gasteiger partial charge in [0.15, 0.2) is 12.6 Å². The molecule has 2 atom stereocenters. The molecule has 12 heteroatoms. The molecular weight excluding hydrogens is 584 g/mol. The van der Waals surface area contributed by atoms with Gasteiger partial charge in [0.2, 0.25) is 19.7 Å². The highest BCUT2D eigenvalue weighted by atomic mass is 32.2. The number of aromatic hydroxyl groups is 2. The Labute approximate surface area is 244 Å². The predicted molar refractivity (Wildman–Crippen MR) is 152 cm³/mol. The van der Waals surface area contributed by atoms with Crippen molar-refractivity contribution in [2.75, 3.05) is 13.2 Å². The minimum absolute atomic E-state index is 0.0212. The van der Waals surface area contributed by atoms with Crippen molar-refractivity contribution in [2.24, 2.45) is 0 Å². The second kappa shape index (κ2) is 13.3. The van der Waals surface area contributed by atoms with E-state index in [1.807, 2.05) is 0 Å². The monoisotopic (exact) mass is 614 g/mol. The van der Waals surface area contributed by atoms with Gasteiger partial charge in [0, 0.05) is 0 Å². The predicted octanol–water partition coefficient (Wildman–Crippen LogP) is 4.95. The molecule has 0 aromatic heterocycles.